The van der Waals surface area contributed by atoms with Crippen LogP contribution in [0.4, 0.5) is 0 Å². The average molecular weight is 400 g/mol. The highest BCUT2D eigenvalue weighted by Crippen LogP contribution is 2.27. The fourth-order valence-electron chi connectivity index (χ4n) is 3.87. The van der Waals surface area contributed by atoms with Crippen molar-refractivity contribution in [2.45, 2.75) is 58.7 Å². The number of likely N-dealkylation sites (tertiary alicyclic amines) is 1. The first-order chi connectivity index (χ1) is 11.5. The Bertz CT molecular complexity index is 532. The molecule has 2 rings (SSSR count). The fourth-order valence-corrected chi connectivity index (χ4v) is 3.87. The molecule has 1 heterocycles. The fraction of sp³-hybridized carbons (Fsp3) is 0.667. The van der Waals surface area contributed by atoms with Crippen LogP contribution >= 0.6 is 24.8 Å². The third-order valence-electron chi connectivity index (χ3n) is 5.57. The summed E-state index contributed by atoms with van der Waals surface area (Å²) in [5.41, 5.74) is 1.39. The molecule has 0 N–H and O–H groups in total. The summed E-state index contributed by atoms with van der Waals surface area (Å²) in [6.07, 6.45) is 3.34. The molecule has 4 unspecified atom stereocenters. The SMILES string of the molecule is CC(C#N)CCCN(Cc1ccccc1)C1CC(C)N(C)CC1C.Cl.Cl. The Kier molecular flexibility index (Phi) is 12.2. The van der Waals surface area contributed by atoms with Crippen molar-refractivity contribution in [2.75, 3.05) is 20.1 Å². The van der Waals surface area contributed by atoms with E-state index in [-0.39, 0.29) is 30.7 Å². The molecule has 0 aromatic heterocycles. The van der Waals surface area contributed by atoms with E-state index in [0.717, 1.165) is 25.9 Å². The summed E-state index contributed by atoms with van der Waals surface area (Å²) < 4.78 is 0. The Morgan fingerprint density at radius 3 is 2.50 bits per heavy atom. The van der Waals surface area contributed by atoms with Gasteiger partial charge in [0.25, 0.3) is 0 Å². The minimum absolute atomic E-state index is 0. The monoisotopic (exact) mass is 399 g/mol. The number of nitrogens with zero attached hydrogens (tertiary/aromatic N) is 3. The van der Waals surface area contributed by atoms with E-state index in [2.05, 4.69) is 67.1 Å². The van der Waals surface area contributed by atoms with Crippen molar-refractivity contribution in [3.63, 3.8) is 0 Å². The van der Waals surface area contributed by atoms with Gasteiger partial charge >= 0.3 is 0 Å². The van der Waals surface area contributed by atoms with Crippen LogP contribution in [-0.4, -0.2) is 42.0 Å². The van der Waals surface area contributed by atoms with Gasteiger partial charge in [0.15, 0.2) is 0 Å². The second-order valence-corrected chi connectivity index (χ2v) is 7.70. The highest BCUT2D eigenvalue weighted by Gasteiger charge is 2.32. The van der Waals surface area contributed by atoms with Crippen molar-refractivity contribution in [1.29, 1.82) is 5.26 Å². The lowest BCUT2D eigenvalue weighted by atomic mass is 9.88. The summed E-state index contributed by atoms with van der Waals surface area (Å²) in [6.45, 7) is 10.0. The molecule has 0 bridgehead atoms. The molecule has 4 atom stereocenters. The van der Waals surface area contributed by atoms with Gasteiger partial charge in [-0.15, -0.1) is 24.8 Å². The highest BCUT2D eigenvalue weighted by atomic mass is 35.5. The Hall–Kier alpha value is -0.790. The maximum Gasteiger partial charge on any atom is 0.0652 e. The Balaban J connectivity index is 0.00000312. The summed E-state index contributed by atoms with van der Waals surface area (Å²) in [4.78, 5) is 5.16. The van der Waals surface area contributed by atoms with Gasteiger partial charge < -0.3 is 4.90 Å². The van der Waals surface area contributed by atoms with Gasteiger partial charge in [-0.05, 0) is 58.2 Å². The van der Waals surface area contributed by atoms with E-state index in [0.29, 0.717) is 18.0 Å². The first kappa shape index (κ1) is 25.2. The number of hydrogen-bond acceptors (Lipinski definition) is 3. The molecule has 1 aromatic carbocycles. The smallest absolute Gasteiger partial charge is 0.0652 e. The number of benzene rings is 1. The minimum atomic E-state index is 0. The van der Waals surface area contributed by atoms with Crippen LogP contribution in [0, 0.1) is 23.2 Å². The summed E-state index contributed by atoms with van der Waals surface area (Å²) in [7, 11) is 2.24. The van der Waals surface area contributed by atoms with Gasteiger partial charge in [-0.25, -0.2) is 0 Å². The van der Waals surface area contributed by atoms with Gasteiger partial charge in [0.1, 0.15) is 0 Å². The van der Waals surface area contributed by atoms with Crippen LogP contribution in [0.15, 0.2) is 30.3 Å². The number of hydrogen-bond donors (Lipinski definition) is 0. The third-order valence-corrected chi connectivity index (χ3v) is 5.57. The first-order valence-corrected chi connectivity index (χ1v) is 9.39. The van der Waals surface area contributed by atoms with Crippen molar-refractivity contribution < 1.29 is 0 Å². The van der Waals surface area contributed by atoms with E-state index >= 15 is 0 Å². The van der Waals surface area contributed by atoms with Crippen molar-refractivity contribution in [2.24, 2.45) is 11.8 Å². The Labute approximate surface area is 172 Å². The van der Waals surface area contributed by atoms with Crippen LogP contribution in [-0.2, 0) is 6.54 Å². The zero-order chi connectivity index (χ0) is 17.5. The molecule has 1 aliphatic heterocycles. The molecule has 1 aromatic rings. The summed E-state index contributed by atoms with van der Waals surface area (Å²) in [5, 5.41) is 9.02. The largest absolute Gasteiger partial charge is 0.303 e. The van der Waals surface area contributed by atoms with Gasteiger partial charge in [0, 0.05) is 31.1 Å². The van der Waals surface area contributed by atoms with E-state index in [1.54, 1.807) is 0 Å². The van der Waals surface area contributed by atoms with Crippen LogP contribution in [0.3, 0.4) is 0 Å². The molecule has 5 heteroatoms. The number of nitriles is 1. The van der Waals surface area contributed by atoms with Crippen LogP contribution in [0.2, 0.25) is 0 Å². The molecule has 0 radical (unpaired) electrons. The topological polar surface area (TPSA) is 30.3 Å². The van der Waals surface area contributed by atoms with E-state index in [1.165, 1.54) is 18.5 Å². The van der Waals surface area contributed by atoms with E-state index in [1.807, 2.05) is 6.92 Å². The molecular weight excluding hydrogens is 365 g/mol. The molecular formula is C21H35Cl2N3. The van der Waals surface area contributed by atoms with Crippen molar-refractivity contribution in [1.82, 2.24) is 9.80 Å². The summed E-state index contributed by atoms with van der Waals surface area (Å²) in [5.74, 6) is 0.848. The predicted molar refractivity (Wildman–Crippen MR) is 115 cm³/mol. The van der Waals surface area contributed by atoms with Gasteiger partial charge in [0.2, 0.25) is 0 Å². The molecule has 148 valence electrons. The van der Waals surface area contributed by atoms with E-state index < -0.39 is 0 Å². The quantitative estimate of drug-likeness (QED) is 0.645. The summed E-state index contributed by atoms with van der Waals surface area (Å²) >= 11 is 0. The lowest BCUT2D eigenvalue weighted by Crippen LogP contribution is -2.52. The standard InChI is InChI=1S/C21H33N3.2ClH/c1-17(14-22)9-8-12-24(16-20-10-6-5-7-11-20)21-13-19(3)23(4)15-18(21)2;;/h5-7,10-11,17-19,21H,8-9,12-13,15-16H2,1-4H3;2*1H. The van der Waals surface area contributed by atoms with Gasteiger partial charge in [-0.3, -0.25) is 4.90 Å². The number of rotatable bonds is 7. The molecule has 0 amide bonds. The number of halogens is 2. The normalized spacial score (nSPS) is 24.2. The Morgan fingerprint density at radius 1 is 1.23 bits per heavy atom. The predicted octanol–water partition coefficient (Wildman–Crippen LogP) is 5.00. The molecule has 1 aliphatic rings. The van der Waals surface area contributed by atoms with E-state index in [4.69, 9.17) is 5.26 Å². The van der Waals surface area contributed by atoms with E-state index in [9.17, 15) is 0 Å². The van der Waals surface area contributed by atoms with Crippen LogP contribution in [0.25, 0.3) is 0 Å². The van der Waals surface area contributed by atoms with Crippen LogP contribution in [0.1, 0.15) is 45.6 Å². The minimum Gasteiger partial charge on any atom is -0.303 e. The van der Waals surface area contributed by atoms with Crippen molar-refractivity contribution in [3.8, 4) is 6.07 Å². The lowest BCUT2D eigenvalue weighted by Gasteiger charge is -2.45. The zero-order valence-corrected chi connectivity index (χ0v) is 18.2. The highest BCUT2D eigenvalue weighted by molar-refractivity contribution is 5.85. The molecule has 1 saturated heterocycles. The van der Waals surface area contributed by atoms with Crippen molar-refractivity contribution in [3.05, 3.63) is 35.9 Å². The molecule has 3 nitrogen and oxygen atoms in total. The molecule has 1 fully saturated rings. The van der Waals surface area contributed by atoms with Crippen molar-refractivity contribution >= 4 is 24.8 Å². The maximum atomic E-state index is 9.02. The maximum absolute atomic E-state index is 9.02. The first-order valence-electron chi connectivity index (χ1n) is 9.39. The molecule has 26 heavy (non-hydrogen) atoms. The molecule has 0 spiro atoms. The average Bonchev–Trinajstić information content (AvgIpc) is 2.58. The van der Waals surface area contributed by atoms with Gasteiger partial charge in [-0.1, -0.05) is 37.3 Å². The zero-order valence-electron chi connectivity index (χ0n) is 16.6. The summed E-state index contributed by atoms with van der Waals surface area (Å²) in [6, 6.07) is 14.4. The lowest BCUT2D eigenvalue weighted by molar-refractivity contribution is 0.0398. The Morgan fingerprint density at radius 2 is 1.88 bits per heavy atom. The second-order valence-electron chi connectivity index (χ2n) is 7.70. The molecule has 0 saturated carbocycles. The van der Waals surface area contributed by atoms with Crippen LogP contribution in [0.5, 0.6) is 0 Å². The van der Waals surface area contributed by atoms with Gasteiger partial charge in [-0.2, -0.15) is 5.26 Å². The third kappa shape index (κ3) is 7.45. The van der Waals surface area contributed by atoms with Crippen LogP contribution < -0.4 is 0 Å². The second kappa shape index (κ2) is 12.6. The number of piperidine rings is 1. The van der Waals surface area contributed by atoms with Gasteiger partial charge in [0.05, 0.1) is 6.07 Å². The molecule has 0 aliphatic carbocycles.